The van der Waals surface area contributed by atoms with Crippen LogP contribution in [-0.2, 0) is 24.9 Å². The molecule has 31 heavy (non-hydrogen) atoms. The highest BCUT2D eigenvalue weighted by Crippen LogP contribution is 2.22. The maximum Gasteiger partial charge on any atom is 0.168 e. The van der Waals surface area contributed by atoms with E-state index in [1.54, 1.807) is 0 Å². The van der Waals surface area contributed by atoms with Gasteiger partial charge in [-0.3, -0.25) is 0 Å². The van der Waals surface area contributed by atoms with Gasteiger partial charge < -0.3 is 0 Å². The summed E-state index contributed by atoms with van der Waals surface area (Å²) < 4.78 is 4.31. The van der Waals surface area contributed by atoms with Gasteiger partial charge in [-0.15, -0.1) is 9.36 Å². The van der Waals surface area contributed by atoms with Crippen molar-refractivity contribution in [3.8, 4) is 0 Å². The molecule has 0 N–H and O–H groups in total. The topological polar surface area (TPSA) is 21.7 Å². The van der Waals surface area contributed by atoms with Gasteiger partial charge in [-0.25, -0.2) is 0 Å². The van der Waals surface area contributed by atoms with E-state index in [4.69, 9.17) is 5.21 Å². The fraction of sp³-hybridized carbons (Fsp3) is 0.500. The molecular formula is C28H40N3+. The molecule has 0 unspecified atom stereocenters. The molecule has 166 valence electrons. The molecule has 1 aromatic heterocycles. The molecular weight excluding hydrogens is 378 g/mol. The highest BCUT2D eigenvalue weighted by atomic mass is 15.5. The maximum atomic E-state index is 4.93. The van der Waals surface area contributed by atoms with Gasteiger partial charge in [-0.1, -0.05) is 114 Å². The molecule has 3 heteroatoms. The van der Waals surface area contributed by atoms with Gasteiger partial charge in [0.15, 0.2) is 11.9 Å². The van der Waals surface area contributed by atoms with Gasteiger partial charge in [0.1, 0.15) is 13.1 Å². The van der Waals surface area contributed by atoms with Crippen molar-refractivity contribution < 1.29 is 4.68 Å². The third-order valence-electron chi connectivity index (χ3n) is 5.98. The van der Waals surface area contributed by atoms with E-state index >= 15 is 0 Å². The third-order valence-corrected chi connectivity index (χ3v) is 5.98. The first-order valence-electron chi connectivity index (χ1n) is 12.1. The lowest BCUT2D eigenvalue weighted by molar-refractivity contribution is -0.747. The van der Waals surface area contributed by atoms with Crippen molar-refractivity contribution in [3.63, 3.8) is 0 Å². The Labute approximate surface area is 189 Å². The molecule has 0 bridgehead atoms. The molecule has 3 aromatic rings. The summed E-state index contributed by atoms with van der Waals surface area (Å²) in [7, 11) is 0. The van der Waals surface area contributed by atoms with Crippen LogP contribution in [0.1, 0.15) is 88.6 Å². The number of aryl methyl sites for hydroxylation is 1. The second-order valence-corrected chi connectivity index (χ2v) is 9.82. The maximum absolute atomic E-state index is 4.93. The van der Waals surface area contributed by atoms with Crippen LogP contribution in [-0.4, -0.2) is 9.90 Å². The molecule has 0 amide bonds. The minimum atomic E-state index is 0.186. The number of rotatable bonds is 11. The van der Waals surface area contributed by atoms with Gasteiger partial charge >= 0.3 is 0 Å². The van der Waals surface area contributed by atoms with E-state index in [-0.39, 0.29) is 5.41 Å². The molecule has 0 aliphatic heterocycles. The summed E-state index contributed by atoms with van der Waals surface area (Å²) in [6.07, 6.45) is 11.3. The highest BCUT2D eigenvalue weighted by Gasteiger charge is 2.18. The monoisotopic (exact) mass is 418 g/mol. The van der Waals surface area contributed by atoms with Crippen molar-refractivity contribution in [1.29, 1.82) is 0 Å². The Morgan fingerprint density at radius 3 is 2.16 bits per heavy atom. The van der Waals surface area contributed by atoms with Crippen LogP contribution < -0.4 is 4.68 Å². The van der Waals surface area contributed by atoms with Crippen LogP contribution in [0.2, 0.25) is 0 Å². The van der Waals surface area contributed by atoms with Crippen molar-refractivity contribution in [1.82, 2.24) is 9.90 Å². The molecule has 3 rings (SSSR count). The quantitative estimate of drug-likeness (QED) is 0.258. The van der Waals surface area contributed by atoms with Gasteiger partial charge in [0, 0.05) is 6.42 Å². The number of benzene rings is 2. The summed E-state index contributed by atoms with van der Waals surface area (Å²) in [5.74, 6) is 0. The highest BCUT2D eigenvalue weighted by molar-refractivity contribution is 5.27. The summed E-state index contributed by atoms with van der Waals surface area (Å²) in [5.41, 5.74) is 5.51. The molecule has 0 radical (unpaired) electrons. The molecule has 0 spiro atoms. The van der Waals surface area contributed by atoms with E-state index in [1.165, 1.54) is 60.9 Å². The van der Waals surface area contributed by atoms with Gasteiger partial charge in [-0.2, -0.15) is 0 Å². The number of unbranched alkanes of at least 4 members (excludes halogenated alkanes) is 5. The third kappa shape index (κ3) is 7.34. The van der Waals surface area contributed by atoms with Crippen LogP contribution in [0, 0.1) is 0 Å². The van der Waals surface area contributed by atoms with Crippen LogP contribution in [0.4, 0.5) is 0 Å². The summed E-state index contributed by atoms with van der Waals surface area (Å²) in [6.45, 7) is 10.7. The lowest BCUT2D eigenvalue weighted by atomic mass is 9.87. The zero-order valence-electron chi connectivity index (χ0n) is 20.0. The van der Waals surface area contributed by atoms with Crippen molar-refractivity contribution in [2.45, 2.75) is 91.1 Å². The number of aromatic nitrogens is 3. The van der Waals surface area contributed by atoms with Crippen molar-refractivity contribution in [2.24, 2.45) is 0 Å². The second-order valence-electron chi connectivity index (χ2n) is 9.82. The van der Waals surface area contributed by atoms with Gasteiger partial charge in [-0.05, 0) is 28.5 Å². The Morgan fingerprint density at radius 2 is 1.48 bits per heavy atom. The van der Waals surface area contributed by atoms with Crippen LogP contribution in [0.5, 0.6) is 0 Å². The van der Waals surface area contributed by atoms with Crippen LogP contribution in [0.3, 0.4) is 0 Å². The Morgan fingerprint density at radius 1 is 0.806 bits per heavy atom. The van der Waals surface area contributed by atoms with E-state index in [9.17, 15) is 0 Å². The summed E-state index contributed by atoms with van der Waals surface area (Å²) in [5, 5.41) is 4.93. The SMILES string of the molecule is CCCCCCCCc1c[n+](Cc2ccccc2)nn1Cc1ccc(C(C)(C)C)cc1. The minimum Gasteiger partial charge on any atom is -0.133 e. The smallest absolute Gasteiger partial charge is 0.133 e. The molecule has 0 aliphatic rings. The lowest BCUT2D eigenvalue weighted by Crippen LogP contribution is -2.36. The average molecular weight is 419 g/mol. The predicted molar refractivity (Wildman–Crippen MR) is 129 cm³/mol. The van der Waals surface area contributed by atoms with Crippen molar-refractivity contribution in [3.05, 3.63) is 83.2 Å². The van der Waals surface area contributed by atoms with Crippen molar-refractivity contribution in [2.75, 3.05) is 0 Å². The fourth-order valence-corrected chi connectivity index (χ4v) is 4.00. The van der Waals surface area contributed by atoms with Gasteiger partial charge in [0.05, 0.1) is 5.21 Å². The van der Waals surface area contributed by atoms with E-state index in [0.717, 1.165) is 19.5 Å². The Balaban J connectivity index is 1.71. The molecule has 1 heterocycles. The zero-order chi connectivity index (χ0) is 22.1. The molecule has 0 saturated carbocycles. The lowest BCUT2D eigenvalue weighted by Gasteiger charge is -2.18. The summed E-state index contributed by atoms with van der Waals surface area (Å²) >= 11 is 0. The second kappa shape index (κ2) is 11.3. The number of nitrogens with zero attached hydrogens (tertiary/aromatic N) is 3. The number of hydrogen-bond donors (Lipinski definition) is 0. The molecule has 0 atom stereocenters. The van der Waals surface area contributed by atoms with E-state index in [2.05, 4.69) is 97.9 Å². The summed E-state index contributed by atoms with van der Waals surface area (Å²) in [4.78, 5) is 0. The minimum absolute atomic E-state index is 0.186. The standard InChI is InChI=1S/C28H40N3/c1-5-6-7-8-9-13-16-27-23-30(21-24-14-11-10-12-15-24)29-31(27)22-25-17-19-26(20-18-25)28(2,3)4/h10-12,14-15,17-20,23H,5-9,13,16,21-22H2,1-4H3/q+1. The molecule has 3 nitrogen and oxygen atoms in total. The predicted octanol–water partition coefficient (Wildman–Crippen LogP) is 6.47. The van der Waals surface area contributed by atoms with E-state index in [1.807, 2.05) is 0 Å². The molecule has 0 saturated heterocycles. The van der Waals surface area contributed by atoms with Crippen LogP contribution in [0.15, 0.2) is 60.8 Å². The average Bonchev–Trinajstić information content (AvgIpc) is 3.12. The Bertz CT molecular complexity index is 902. The van der Waals surface area contributed by atoms with Gasteiger partial charge in [0.25, 0.3) is 0 Å². The molecule has 0 fully saturated rings. The van der Waals surface area contributed by atoms with Crippen molar-refractivity contribution >= 4 is 0 Å². The normalized spacial score (nSPS) is 11.7. The van der Waals surface area contributed by atoms with E-state index in [0.29, 0.717) is 0 Å². The van der Waals surface area contributed by atoms with Gasteiger partial charge in [0.2, 0.25) is 0 Å². The zero-order valence-corrected chi connectivity index (χ0v) is 20.0. The first kappa shape index (κ1) is 23.2. The Hall–Kier alpha value is -2.42. The largest absolute Gasteiger partial charge is 0.168 e. The fourth-order valence-electron chi connectivity index (χ4n) is 4.00. The summed E-state index contributed by atoms with van der Waals surface area (Å²) in [6, 6.07) is 19.7. The van der Waals surface area contributed by atoms with Crippen LogP contribution >= 0.6 is 0 Å². The van der Waals surface area contributed by atoms with E-state index < -0.39 is 0 Å². The Kier molecular flexibility index (Phi) is 8.45. The first-order chi connectivity index (χ1) is 15.0. The number of hydrogen-bond acceptors (Lipinski definition) is 1. The first-order valence-corrected chi connectivity index (χ1v) is 12.1. The van der Waals surface area contributed by atoms with Crippen LogP contribution in [0.25, 0.3) is 0 Å². The molecule has 0 aliphatic carbocycles. The molecule has 2 aromatic carbocycles.